The van der Waals surface area contributed by atoms with Gasteiger partial charge in [0.05, 0.1) is 30.8 Å². The summed E-state index contributed by atoms with van der Waals surface area (Å²) in [5.41, 5.74) is 2.10. The van der Waals surface area contributed by atoms with E-state index in [2.05, 4.69) is 10.6 Å². The van der Waals surface area contributed by atoms with Gasteiger partial charge in [0.15, 0.2) is 0 Å². The molecule has 0 N–H and O–H groups in total. The Kier molecular flexibility index (Phi) is 6.21. The van der Waals surface area contributed by atoms with Gasteiger partial charge in [0.1, 0.15) is 17.3 Å². The number of fused-ring (bicyclic) bond motifs is 1. The van der Waals surface area contributed by atoms with E-state index in [4.69, 9.17) is 14.5 Å². The van der Waals surface area contributed by atoms with Crippen molar-refractivity contribution in [3.05, 3.63) is 54.4 Å². The van der Waals surface area contributed by atoms with Crippen LogP contribution in [-0.4, -0.2) is 40.6 Å². The van der Waals surface area contributed by atoms with Gasteiger partial charge in [0.25, 0.3) is 0 Å². The quantitative estimate of drug-likeness (QED) is 0.513. The first kappa shape index (κ1) is 20.3. The van der Waals surface area contributed by atoms with Gasteiger partial charge in [-0.25, -0.2) is 4.98 Å². The minimum Gasteiger partial charge on any atom is -0.497 e. The summed E-state index contributed by atoms with van der Waals surface area (Å²) in [4.78, 5) is 19.4. The molecule has 1 fully saturated rings. The number of hydrogen-bond acceptors (Lipinski definition) is 4. The monoisotopic (exact) mass is 407 g/mol. The standard InChI is InChI=1S/C24H29N3O3/c1-3-23(28)26-14-7-13-22(26)24-25-20-11-4-5-12-21(20)27(24)15-8-16-30-19-10-6-9-18(17-19)29-2/h4-6,9-12,17,22H,3,7-8,13-16H2,1-2H3/t22-/m0/s1. The van der Waals surface area contributed by atoms with Crippen LogP contribution in [-0.2, 0) is 11.3 Å². The number of carbonyl (C=O) groups excluding carboxylic acids is 1. The molecule has 2 aromatic carbocycles. The Bertz CT molecular complexity index is 1010. The maximum atomic E-state index is 12.5. The number of ether oxygens (including phenoxy) is 2. The molecular formula is C24H29N3O3. The summed E-state index contributed by atoms with van der Waals surface area (Å²) in [6, 6.07) is 15.9. The van der Waals surface area contributed by atoms with Crippen molar-refractivity contribution in [1.82, 2.24) is 14.5 Å². The molecule has 1 aliphatic heterocycles. The molecule has 1 amide bonds. The number of rotatable bonds is 8. The largest absolute Gasteiger partial charge is 0.497 e. The molecule has 0 aliphatic carbocycles. The second-order valence-corrected chi connectivity index (χ2v) is 7.59. The molecule has 158 valence electrons. The summed E-state index contributed by atoms with van der Waals surface area (Å²) in [7, 11) is 1.65. The predicted molar refractivity (Wildman–Crippen MR) is 117 cm³/mol. The molecule has 0 saturated carbocycles. The molecule has 0 radical (unpaired) electrons. The molecule has 1 aliphatic rings. The average Bonchev–Trinajstić information content (AvgIpc) is 3.41. The zero-order valence-corrected chi connectivity index (χ0v) is 17.7. The Hall–Kier alpha value is -3.02. The highest BCUT2D eigenvalue weighted by Gasteiger charge is 2.32. The number of likely N-dealkylation sites (tertiary alicyclic amines) is 1. The molecule has 2 heterocycles. The van der Waals surface area contributed by atoms with Gasteiger partial charge in [-0.15, -0.1) is 0 Å². The van der Waals surface area contributed by atoms with Crippen LogP contribution >= 0.6 is 0 Å². The van der Waals surface area contributed by atoms with Crippen molar-refractivity contribution >= 4 is 16.9 Å². The zero-order chi connectivity index (χ0) is 20.9. The number of hydrogen-bond donors (Lipinski definition) is 0. The van der Waals surface area contributed by atoms with E-state index in [-0.39, 0.29) is 11.9 Å². The molecular weight excluding hydrogens is 378 g/mol. The van der Waals surface area contributed by atoms with Crippen LogP contribution in [0.3, 0.4) is 0 Å². The highest BCUT2D eigenvalue weighted by molar-refractivity contribution is 5.78. The molecule has 0 unspecified atom stereocenters. The van der Waals surface area contributed by atoms with E-state index in [1.807, 2.05) is 54.3 Å². The van der Waals surface area contributed by atoms with E-state index in [9.17, 15) is 4.79 Å². The summed E-state index contributed by atoms with van der Waals surface area (Å²) >= 11 is 0. The van der Waals surface area contributed by atoms with E-state index in [1.165, 1.54) is 0 Å². The number of methoxy groups -OCH3 is 1. The number of para-hydroxylation sites is 2. The Balaban J connectivity index is 1.51. The van der Waals surface area contributed by atoms with Crippen molar-refractivity contribution in [2.24, 2.45) is 0 Å². The van der Waals surface area contributed by atoms with Crippen LogP contribution in [0.4, 0.5) is 0 Å². The fourth-order valence-corrected chi connectivity index (χ4v) is 4.22. The molecule has 1 saturated heterocycles. The van der Waals surface area contributed by atoms with Gasteiger partial charge >= 0.3 is 0 Å². The number of nitrogens with zero attached hydrogens (tertiary/aromatic N) is 3. The molecule has 1 aromatic heterocycles. The number of imidazole rings is 1. The first-order valence-electron chi connectivity index (χ1n) is 10.7. The van der Waals surface area contributed by atoms with Crippen LogP contribution < -0.4 is 9.47 Å². The van der Waals surface area contributed by atoms with Gasteiger partial charge in [0.2, 0.25) is 5.91 Å². The highest BCUT2D eigenvalue weighted by atomic mass is 16.5. The maximum absolute atomic E-state index is 12.5. The summed E-state index contributed by atoms with van der Waals surface area (Å²) in [5, 5.41) is 0. The normalized spacial score (nSPS) is 16.2. The van der Waals surface area contributed by atoms with Crippen molar-refractivity contribution in [2.75, 3.05) is 20.3 Å². The highest BCUT2D eigenvalue weighted by Crippen LogP contribution is 2.34. The second kappa shape index (κ2) is 9.20. The average molecular weight is 408 g/mol. The lowest BCUT2D eigenvalue weighted by atomic mass is 10.2. The number of carbonyl (C=O) groups is 1. The minimum absolute atomic E-state index is 0.0594. The van der Waals surface area contributed by atoms with Gasteiger partial charge in [-0.3, -0.25) is 4.79 Å². The summed E-state index contributed by atoms with van der Waals surface area (Å²) in [6.07, 6.45) is 3.37. The fraction of sp³-hybridized carbons (Fsp3) is 0.417. The van der Waals surface area contributed by atoms with E-state index < -0.39 is 0 Å². The second-order valence-electron chi connectivity index (χ2n) is 7.59. The molecule has 4 rings (SSSR count). The third-order valence-electron chi connectivity index (χ3n) is 5.69. The van der Waals surface area contributed by atoms with Crippen LogP contribution in [0.25, 0.3) is 11.0 Å². The first-order chi connectivity index (χ1) is 14.7. The van der Waals surface area contributed by atoms with Gasteiger partial charge in [0, 0.05) is 25.6 Å². The number of amides is 1. The third-order valence-corrected chi connectivity index (χ3v) is 5.69. The molecule has 3 aromatic rings. The van der Waals surface area contributed by atoms with Crippen LogP contribution in [0.5, 0.6) is 11.5 Å². The summed E-state index contributed by atoms with van der Waals surface area (Å²) in [5.74, 6) is 2.80. The molecule has 6 heteroatoms. The lowest BCUT2D eigenvalue weighted by molar-refractivity contribution is -0.131. The Morgan fingerprint density at radius 2 is 2.00 bits per heavy atom. The van der Waals surface area contributed by atoms with E-state index >= 15 is 0 Å². The van der Waals surface area contributed by atoms with Crippen LogP contribution in [0.2, 0.25) is 0 Å². The smallest absolute Gasteiger partial charge is 0.222 e. The van der Waals surface area contributed by atoms with Gasteiger partial charge in [-0.1, -0.05) is 25.1 Å². The van der Waals surface area contributed by atoms with Crippen molar-refractivity contribution in [3.8, 4) is 11.5 Å². The maximum Gasteiger partial charge on any atom is 0.222 e. The summed E-state index contributed by atoms with van der Waals surface area (Å²) in [6.45, 7) is 4.14. The molecule has 0 spiro atoms. The van der Waals surface area contributed by atoms with Crippen LogP contribution in [0, 0.1) is 0 Å². The minimum atomic E-state index is 0.0594. The Morgan fingerprint density at radius 1 is 1.17 bits per heavy atom. The van der Waals surface area contributed by atoms with Crippen molar-refractivity contribution in [3.63, 3.8) is 0 Å². The first-order valence-corrected chi connectivity index (χ1v) is 10.7. The SMILES string of the molecule is CCC(=O)N1CCC[C@H]1c1nc2ccccc2n1CCCOc1cccc(OC)c1. The van der Waals surface area contributed by atoms with Crippen LogP contribution in [0.1, 0.15) is 44.5 Å². The molecule has 0 bridgehead atoms. The number of aromatic nitrogens is 2. The number of benzene rings is 2. The Labute approximate surface area is 177 Å². The molecule has 1 atom stereocenters. The predicted octanol–water partition coefficient (Wildman–Crippen LogP) is 4.59. The van der Waals surface area contributed by atoms with Gasteiger partial charge in [-0.2, -0.15) is 0 Å². The fourth-order valence-electron chi connectivity index (χ4n) is 4.22. The van der Waals surface area contributed by atoms with Gasteiger partial charge in [-0.05, 0) is 43.5 Å². The van der Waals surface area contributed by atoms with Crippen LogP contribution in [0.15, 0.2) is 48.5 Å². The summed E-state index contributed by atoms with van der Waals surface area (Å²) < 4.78 is 13.5. The van der Waals surface area contributed by atoms with Crippen molar-refractivity contribution in [2.45, 2.75) is 45.2 Å². The Morgan fingerprint density at radius 3 is 2.83 bits per heavy atom. The molecule has 30 heavy (non-hydrogen) atoms. The topological polar surface area (TPSA) is 56.6 Å². The lowest BCUT2D eigenvalue weighted by Crippen LogP contribution is -2.31. The zero-order valence-electron chi connectivity index (χ0n) is 17.7. The lowest BCUT2D eigenvalue weighted by Gasteiger charge is -2.25. The molecule has 6 nitrogen and oxygen atoms in total. The third kappa shape index (κ3) is 4.13. The van der Waals surface area contributed by atoms with Crippen molar-refractivity contribution < 1.29 is 14.3 Å². The van der Waals surface area contributed by atoms with Gasteiger partial charge < -0.3 is 18.9 Å². The number of aryl methyl sites for hydroxylation is 1. The van der Waals surface area contributed by atoms with E-state index in [0.29, 0.717) is 13.0 Å². The van der Waals surface area contributed by atoms with E-state index in [1.54, 1.807) is 7.11 Å². The van der Waals surface area contributed by atoms with Crippen molar-refractivity contribution in [1.29, 1.82) is 0 Å². The van der Waals surface area contributed by atoms with E-state index in [0.717, 1.165) is 60.7 Å².